The molecule has 0 aliphatic heterocycles. The highest BCUT2D eigenvalue weighted by Crippen LogP contribution is 2.29. The number of methoxy groups -OCH3 is 1. The zero-order valence-corrected chi connectivity index (χ0v) is 12.0. The Morgan fingerprint density at radius 3 is 2.50 bits per heavy atom. The molecule has 0 fully saturated rings. The minimum absolute atomic E-state index is 0.0379. The third kappa shape index (κ3) is 4.05. The van der Waals surface area contributed by atoms with E-state index in [1.54, 1.807) is 0 Å². The van der Waals surface area contributed by atoms with E-state index in [9.17, 15) is 14.9 Å². The maximum Gasteiger partial charge on any atom is 0.310 e. The molecule has 6 nitrogen and oxygen atoms in total. The fraction of sp³-hybridized carbons (Fsp3) is 0.188. The van der Waals surface area contributed by atoms with E-state index in [1.165, 1.54) is 25.3 Å². The number of hydrogen-bond donors (Lipinski definition) is 0. The molecule has 0 heterocycles. The van der Waals surface area contributed by atoms with Crippen molar-refractivity contribution in [2.24, 2.45) is 0 Å². The van der Waals surface area contributed by atoms with Crippen molar-refractivity contribution < 1.29 is 19.2 Å². The Morgan fingerprint density at radius 1 is 1.14 bits per heavy atom. The predicted octanol–water partition coefficient (Wildman–Crippen LogP) is 2.89. The van der Waals surface area contributed by atoms with Crippen molar-refractivity contribution in [3.63, 3.8) is 0 Å². The van der Waals surface area contributed by atoms with Crippen LogP contribution in [0.25, 0.3) is 0 Å². The van der Waals surface area contributed by atoms with Crippen LogP contribution in [-0.2, 0) is 22.6 Å². The van der Waals surface area contributed by atoms with Crippen LogP contribution in [0.15, 0.2) is 48.5 Å². The summed E-state index contributed by atoms with van der Waals surface area (Å²) in [5, 5.41) is 11.1. The zero-order valence-electron chi connectivity index (χ0n) is 12.0. The zero-order chi connectivity index (χ0) is 15.9. The topological polar surface area (TPSA) is 78.7 Å². The molecule has 0 saturated carbocycles. The molecule has 0 saturated heterocycles. The largest absolute Gasteiger partial charge is 0.482 e. The first-order chi connectivity index (χ1) is 10.6. The first kappa shape index (κ1) is 15.5. The summed E-state index contributed by atoms with van der Waals surface area (Å²) in [5.74, 6) is -0.280. The minimum Gasteiger partial charge on any atom is -0.482 e. The Bertz CT molecular complexity index is 669. The average molecular weight is 301 g/mol. The van der Waals surface area contributed by atoms with Gasteiger partial charge in [0, 0.05) is 6.07 Å². The van der Waals surface area contributed by atoms with Crippen molar-refractivity contribution >= 4 is 11.7 Å². The third-order valence-corrected chi connectivity index (χ3v) is 3.03. The number of carbonyl (C=O) groups is 1. The molecular weight excluding hydrogens is 286 g/mol. The monoisotopic (exact) mass is 301 g/mol. The maximum atomic E-state index is 11.3. The fourth-order valence-electron chi connectivity index (χ4n) is 1.91. The van der Waals surface area contributed by atoms with Gasteiger partial charge in [-0.25, -0.2) is 0 Å². The van der Waals surface area contributed by atoms with Crippen LogP contribution in [0.5, 0.6) is 5.75 Å². The van der Waals surface area contributed by atoms with Crippen molar-refractivity contribution in [1.29, 1.82) is 0 Å². The van der Waals surface area contributed by atoms with Gasteiger partial charge < -0.3 is 9.47 Å². The quantitative estimate of drug-likeness (QED) is 0.465. The van der Waals surface area contributed by atoms with Gasteiger partial charge in [0.1, 0.15) is 6.61 Å². The summed E-state index contributed by atoms with van der Waals surface area (Å²) in [6.45, 7) is 0.212. The maximum absolute atomic E-state index is 11.3. The molecule has 22 heavy (non-hydrogen) atoms. The van der Waals surface area contributed by atoms with E-state index in [0.29, 0.717) is 5.56 Å². The third-order valence-electron chi connectivity index (χ3n) is 3.03. The minimum atomic E-state index is -0.512. The van der Waals surface area contributed by atoms with Crippen LogP contribution < -0.4 is 4.74 Å². The average Bonchev–Trinajstić information content (AvgIpc) is 2.53. The molecule has 0 atom stereocenters. The summed E-state index contributed by atoms with van der Waals surface area (Å²) in [5.41, 5.74) is 1.36. The smallest absolute Gasteiger partial charge is 0.310 e. The number of benzene rings is 2. The lowest BCUT2D eigenvalue weighted by molar-refractivity contribution is -0.386. The summed E-state index contributed by atoms with van der Waals surface area (Å²) < 4.78 is 10.1. The Hall–Kier alpha value is -2.89. The van der Waals surface area contributed by atoms with Crippen molar-refractivity contribution in [2.75, 3.05) is 7.11 Å². The molecule has 0 N–H and O–H groups in total. The molecule has 6 heteroatoms. The molecule has 0 aliphatic carbocycles. The van der Waals surface area contributed by atoms with Crippen LogP contribution >= 0.6 is 0 Å². The Balaban J connectivity index is 2.20. The number of hydrogen-bond acceptors (Lipinski definition) is 5. The first-order valence-corrected chi connectivity index (χ1v) is 6.61. The summed E-state index contributed by atoms with van der Waals surface area (Å²) in [7, 11) is 1.29. The molecule has 0 aromatic heterocycles. The van der Waals surface area contributed by atoms with Gasteiger partial charge in [-0.3, -0.25) is 14.9 Å². The summed E-state index contributed by atoms with van der Waals surface area (Å²) >= 11 is 0. The lowest BCUT2D eigenvalue weighted by Gasteiger charge is -2.08. The van der Waals surface area contributed by atoms with Crippen LogP contribution in [0.3, 0.4) is 0 Å². The lowest BCUT2D eigenvalue weighted by Crippen LogP contribution is -2.05. The number of carbonyl (C=O) groups excluding carboxylic acids is 1. The van der Waals surface area contributed by atoms with Crippen LogP contribution in [-0.4, -0.2) is 18.0 Å². The van der Waals surface area contributed by atoms with E-state index in [2.05, 4.69) is 4.74 Å². The van der Waals surface area contributed by atoms with E-state index >= 15 is 0 Å². The summed E-state index contributed by atoms with van der Waals surface area (Å²) in [6, 6.07) is 13.7. The molecule has 114 valence electrons. The van der Waals surface area contributed by atoms with Crippen molar-refractivity contribution in [1.82, 2.24) is 0 Å². The van der Waals surface area contributed by atoms with Crippen molar-refractivity contribution in [3.8, 4) is 5.75 Å². The molecule has 2 aromatic rings. The number of rotatable bonds is 6. The number of nitro benzene ring substituents is 1. The van der Waals surface area contributed by atoms with E-state index in [0.717, 1.165) is 5.56 Å². The Labute approximate surface area is 127 Å². The molecule has 0 spiro atoms. The molecule has 0 bridgehead atoms. The van der Waals surface area contributed by atoms with E-state index < -0.39 is 10.9 Å². The van der Waals surface area contributed by atoms with Crippen molar-refractivity contribution in [2.45, 2.75) is 13.0 Å². The molecule has 0 aliphatic rings. The highest BCUT2D eigenvalue weighted by atomic mass is 16.6. The van der Waals surface area contributed by atoms with E-state index in [-0.39, 0.29) is 24.5 Å². The van der Waals surface area contributed by atoms with Crippen LogP contribution in [0.4, 0.5) is 5.69 Å². The second-order valence-electron chi connectivity index (χ2n) is 4.59. The van der Waals surface area contributed by atoms with Crippen LogP contribution in [0.2, 0.25) is 0 Å². The molecule has 0 radical (unpaired) electrons. The van der Waals surface area contributed by atoms with Gasteiger partial charge in [0.05, 0.1) is 18.5 Å². The second-order valence-corrected chi connectivity index (χ2v) is 4.59. The molecule has 0 unspecified atom stereocenters. The van der Waals surface area contributed by atoms with Gasteiger partial charge in [-0.2, -0.15) is 0 Å². The first-order valence-electron chi connectivity index (χ1n) is 6.61. The van der Waals surface area contributed by atoms with E-state index in [4.69, 9.17) is 4.74 Å². The van der Waals surface area contributed by atoms with Gasteiger partial charge in [-0.15, -0.1) is 0 Å². The highest BCUT2D eigenvalue weighted by Gasteiger charge is 2.17. The standard InChI is InChI=1S/C16H15NO5/c1-21-16(18)10-13-7-8-14(17(19)20)15(9-13)22-11-12-5-3-2-4-6-12/h2-9H,10-11H2,1H3. The van der Waals surface area contributed by atoms with Crippen molar-refractivity contribution in [3.05, 3.63) is 69.8 Å². The molecular formula is C16H15NO5. The summed E-state index contributed by atoms with van der Waals surface area (Å²) in [4.78, 5) is 21.8. The molecule has 2 rings (SSSR count). The number of nitrogens with zero attached hydrogens (tertiary/aromatic N) is 1. The number of ether oxygens (including phenoxy) is 2. The van der Waals surface area contributed by atoms with Crippen LogP contribution in [0.1, 0.15) is 11.1 Å². The normalized spacial score (nSPS) is 10.0. The Morgan fingerprint density at radius 2 is 1.86 bits per heavy atom. The highest BCUT2D eigenvalue weighted by molar-refractivity contribution is 5.72. The molecule has 2 aromatic carbocycles. The SMILES string of the molecule is COC(=O)Cc1ccc([N+](=O)[O-])c(OCc2ccccc2)c1. The summed E-state index contributed by atoms with van der Waals surface area (Å²) in [6.07, 6.45) is 0.0379. The van der Waals surface area contributed by atoms with Crippen LogP contribution in [0, 0.1) is 10.1 Å². The van der Waals surface area contributed by atoms with E-state index in [1.807, 2.05) is 30.3 Å². The number of nitro groups is 1. The second kappa shape index (κ2) is 7.21. The lowest BCUT2D eigenvalue weighted by atomic mass is 10.1. The van der Waals surface area contributed by atoms with Gasteiger partial charge in [0.2, 0.25) is 0 Å². The van der Waals surface area contributed by atoms with Gasteiger partial charge >= 0.3 is 11.7 Å². The molecule has 0 amide bonds. The van der Waals surface area contributed by atoms with Gasteiger partial charge in [0.25, 0.3) is 0 Å². The fourth-order valence-corrected chi connectivity index (χ4v) is 1.91. The number of esters is 1. The van der Waals surface area contributed by atoms with Gasteiger partial charge in [0.15, 0.2) is 5.75 Å². The van der Waals surface area contributed by atoms with Gasteiger partial charge in [-0.05, 0) is 17.2 Å². The van der Waals surface area contributed by atoms with Gasteiger partial charge in [-0.1, -0.05) is 36.4 Å². The predicted molar refractivity (Wildman–Crippen MR) is 79.6 cm³/mol. The Kier molecular flexibility index (Phi) is 5.08.